The largest absolute Gasteiger partial charge is 0.508 e. The Kier molecular flexibility index (Phi) is 3.46. The third-order valence-electron chi connectivity index (χ3n) is 3.26. The second kappa shape index (κ2) is 4.85. The van der Waals surface area contributed by atoms with E-state index in [9.17, 15) is 5.11 Å². The number of phenols is 1. The van der Waals surface area contributed by atoms with E-state index in [1.165, 1.54) is 5.56 Å². The number of rotatable bonds is 3. The van der Waals surface area contributed by atoms with Crippen LogP contribution in [-0.4, -0.2) is 34.8 Å². The molecular weight excluding hydrogens is 202 g/mol. The summed E-state index contributed by atoms with van der Waals surface area (Å²) in [6.07, 6.45) is 1.06. The van der Waals surface area contributed by atoms with Gasteiger partial charge in [-0.3, -0.25) is 4.90 Å². The van der Waals surface area contributed by atoms with Crippen molar-refractivity contribution < 1.29 is 10.2 Å². The highest BCUT2D eigenvalue weighted by Gasteiger charge is 2.22. The fourth-order valence-electron chi connectivity index (χ4n) is 2.29. The summed E-state index contributed by atoms with van der Waals surface area (Å²) < 4.78 is 0. The van der Waals surface area contributed by atoms with Crippen LogP contribution in [0.3, 0.4) is 0 Å². The van der Waals surface area contributed by atoms with Gasteiger partial charge in [-0.1, -0.05) is 17.7 Å². The van der Waals surface area contributed by atoms with E-state index in [1.54, 1.807) is 6.07 Å². The summed E-state index contributed by atoms with van der Waals surface area (Å²) in [5.74, 6) is 0.782. The standard InChI is InChI=1S/C13H19NO2/c1-10-2-3-13(16)12(6-10)8-14-5-4-11(7-14)9-15/h2-3,6,11,15-16H,4-5,7-9H2,1H3. The molecule has 0 saturated carbocycles. The van der Waals surface area contributed by atoms with Crippen molar-refractivity contribution in [3.8, 4) is 5.75 Å². The van der Waals surface area contributed by atoms with E-state index in [-0.39, 0.29) is 6.61 Å². The predicted octanol–water partition coefficient (Wildman–Crippen LogP) is 1.51. The molecule has 0 radical (unpaired) electrons. The van der Waals surface area contributed by atoms with Crippen molar-refractivity contribution >= 4 is 0 Å². The number of aryl methyl sites for hydroxylation is 1. The molecule has 1 fully saturated rings. The fourth-order valence-corrected chi connectivity index (χ4v) is 2.29. The van der Waals surface area contributed by atoms with Crippen LogP contribution in [0.5, 0.6) is 5.75 Å². The van der Waals surface area contributed by atoms with Crippen LogP contribution in [0.25, 0.3) is 0 Å². The predicted molar refractivity (Wildman–Crippen MR) is 63.3 cm³/mol. The third kappa shape index (κ3) is 2.54. The number of aromatic hydroxyl groups is 1. The van der Waals surface area contributed by atoms with Gasteiger partial charge in [0, 0.05) is 25.3 Å². The normalized spacial score (nSPS) is 21.5. The van der Waals surface area contributed by atoms with E-state index in [2.05, 4.69) is 4.90 Å². The number of nitrogens with zero attached hydrogens (tertiary/aromatic N) is 1. The van der Waals surface area contributed by atoms with E-state index in [0.717, 1.165) is 31.6 Å². The van der Waals surface area contributed by atoms with Crippen LogP contribution in [-0.2, 0) is 6.54 Å². The average Bonchev–Trinajstić information content (AvgIpc) is 2.71. The van der Waals surface area contributed by atoms with Gasteiger partial charge < -0.3 is 10.2 Å². The quantitative estimate of drug-likeness (QED) is 0.813. The molecule has 1 aromatic carbocycles. The van der Waals surface area contributed by atoms with Gasteiger partial charge in [0.25, 0.3) is 0 Å². The van der Waals surface area contributed by atoms with Gasteiger partial charge in [0.15, 0.2) is 0 Å². The molecule has 2 N–H and O–H groups in total. The zero-order chi connectivity index (χ0) is 11.5. The number of benzene rings is 1. The van der Waals surface area contributed by atoms with Crippen molar-refractivity contribution in [3.05, 3.63) is 29.3 Å². The molecule has 0 amide bonds. The van der Waals surface area contributed by atoms with E-state index in [4.69, 9.17) is 5.11 Å². The molecule has 1 unspecified atom stereocenters. The second-order valence-corrected chi connectivity index (χ2v) is 4.70. The molecule has 0 bridgehead atoms. The Bertz CT molecular complexity index is 365. The molecule has 3 nitrogen and oxygen atoms in total. The van der Waals surface area contributed by atoms with E-state index in [0.29, 0.717) is 11.7 Å². The van der Waals surface area contributed by atoms with Gasteiger partial charge in [0.1, 0.15) is 5.75 Å². The van der Waals surface area contributed by atoms with E-state index >= 15 is 0 Å². The lowest BCUT2D eigenvalue weighted by Gasteiger charge is -2.16. The third-order valence-corrected chi connectivity index (χ3v) is 3.26. The molecule has 1 aliphatic rings. The average molecular weight is 221 g/mol. The molecule has 0 aliphatic carbocycles. The minimum atomic E-state index is 0.274. The molecular formula is C13H19NO2. The van der Waals surface area contributed by atoms with Crippen molar-refractivity contribution in [1.29, 1.82) is 0 Å². The summed E-state index contributed by atoms with van der Waals surface area (Å²) in [6.45, 7) is 5.03. The van der Waals surface area contributed by atoms with Crippen LogP contribution in [0.4, 0.5) is 0 Å². The first-order valence-corrected chi connectivity index (χ1v) is 5.80. The Morgan fingerprint density at radius 2 is 2.25 bits per heavy atom. The Hall–Kier alpha value is -1.06. The fraction of sp³-hybridized carbons (Fsp3) is 0.538. The highest BCUT2D eigenvalue weighted by Crippen LogP contribution is 2.23. The number of aliphatic hydroxyl groups excluding tert-OH is 1. The van der Waals surface area contributed by atoms with Crippen LogP contribution >= 0.6 is 0 Å². The zero-order valence-electron chi connectivity index (χ0n) is 9.69. The zero-order valence-corrected chi connectivity index (χ0v) is 9.69. The van der Waals surface area contributed by atoms with Gasteiger partial charge in [0.2, 0.25) is 0 Å². The first kappa shape index (κ1) is 11.4. The molecule has 1 atom stereocenters. The molecule has 16 heavy (non-hydrogen) atoms. The monoisotopic (exact) mass is 221 g/mol. The van der Waals surface area contributed by atoms with Crippen LogP contribution in [0.1, 0.15) is 17.5 Å². The molecule has 1 heterocycles. The van der Waals surface area contributed by atoms with Crippen LogP contribution in [0, 0.1) is 12.8 Å². The Labute approximate surface area is 96.3 Å². The van der Waals surface area contributed by atoms with Gasteiger partial charge in [0.05, 0.1) is 0 Å². The molecule has 88 valence electrons. The van der Waals surface area contributed by atoms with Gasteiger partial charge >= 0.3 is 0 Å². The summed E-state index contributed by atoms with van der Waals surface area (Å²) in [7, 11) is 0. The highest BCUT2D eigenvalue weighted by molar-refractivity contribution is 5.35. The van der Waals surface area contributed by atoms with Gasteiger partial charge in [-0.25, -0.2) is 0 Å². The molecule has 2 rings (SSSR count). The molecule has 0 aromatic heterocycles. The summed E-state index contributed by atoms with van der Waals surface area (Å²) in [4.78, 5) is 2.29. The van der Waals surface area contributed by atoms with Crippen LogP contribution < -0.4 is 0 Å². The lowest BCUT2D eigenvalue weighted by Crippen LogP contribution is -2.21. The number of likely N-dealkylation sites (tertiary alicyclic amines) is 1. The molecule has 1 aromatic rings. The van der Waals surface area contributed by atoms with Crippen LogP contribution in [0.15, 0.2) is 18.2 Å². The molecule has 1 saturated heterocycles. The van der Waals surface area contributed by atoms with Crippen molar-refractivity contribution in [2.24, 2.45) is 5.92 Å². The molecule has 3 heteroatoms. The second-order valence-electron chi connectivity index (χ2n) is 4.70. The minimum Gasteiger partial charge on any atom is -0.508 e. The molecule has 1 aliphatic heterocycles. The number of phenolic OH excluding ortho intramolecular Hbond substituents is 1. The first-order valence-electron chi connectivity index (χ1n) is 5.80. The van der Waals surface area contributed by atoms with Crippen LogP contribution in [0.2, 0.25) is 0 Å². The van der Waals surface area contributed by atoms with Crippen molar-refractivity contribution in [1.82, 2.24) is 4.90 Å². The van der Waals surface area contributed by atoms with Crippen molar-refractivity contribution in [2.75, 3.05) is 19.7 Å². The summed E-state index contributed by atoms with van der Waals surface area (Å²) >= 11 is 0. The maximum atomic E-state index is 9.74. The maximum absolute atomic E-state index is 9.74. The SMILES string of the molecule is Cc1ccc(O)c(CN2CCC(CO)C2)c1. The van der Waals surface area contributed by atoms with Gasteiger partial charge in [-0.05, 0) is 31.9 Å². The van der Waals surface area contributed by atoms with Gasteiger partial charge in [-0.2, -0.15) is 0 Å². The Balaban J connectivity index is 2.01. The minimum absolute atomic E-state index is 0.274. The molecule has 0 spiro atoms. The van der Waals surface area contributed by atoms with Gasteiger partial charge in [-0.15, -0.1) is 0 Å². The summed E-state index contributed by atoms with van der Waals surface area (Å²) in [6, 6.07) is 5.70. The van der Waals surface area contributed by atoms with E-state index in [1.807, 2.05) is 19.1 Å². The number of hydrogen-bond acceptors (Lipinski definition) is 3. The highest BCUT2D eigenvalue weighted by atomic mass is 16.3. The lowest BCUT2D eigenvalue weighted by molar-refractivity contribution is 0.219. The number of hydrogen-bond donors (Lipinski definition) is 2. The van der Waals surface area contributed by atoms with Crippen molar-refractivity contribution in [3.63, 3.8) is 0 Å². The lowest BCUT2D eigenvalue weighted by atomic mass is 10.1. The topological polar surface area (TPSA) is 43.7 Å². The Morgan fingerprint density at radius 3 is 2.94 bits per heavy atom. The Morgan fingerprint density at radius 1 is 1.44 bits per heavy atom. The van der Waals surface area contributed by atoms with Crippen molar-refractivity contribution in [2.45, 2.75) is 19.9 Å². The summed E-state index contributed by atoms with van der Waals surface area (Å²) in [5.41, 5.74) is 2.16. The smallest absolute Gasteiger partial charge is 0.120 e. The first-order chi connectivity index (χ1) is 7.69. The summed E-state index contributed by atoms with van der Waals surface area (Å²) in [5, 5.41) is 18.8. The maximum Gasteiger partial charge on any atom is 0.120 e. The van der Waals surface area contributed by atoms with E-state index < -0.39 is 0 Å². The number of aliphatic hydroxyl groups is 1.